The molecule has 0 radical (unpaired) electrons. The van der Waals surface area contributed by atoms with Gasteiger partial charge >= 0.3 is 5.97 Å². The molecule has 0 saturated heterocycles. The summed E-state index contributed by atoms with van der Waals surface area (Å²) in [6.07, 6.45) is 6.63. The van der Waals surface area contributed by atoms with Crippen molar-refractivity contribution in [2.24, 2.45) is 0 Å². The summed E-state index contributed by atoms with van der Waals surface area (Å²) in [5.74, 6) is -0.328. The van der Waals surface area contributed by atoms with Crippen LogP contribution in [0.1, 0.15) is 20.8 Å². The van der Waals surface area contributed by atoms with Crippen LogP contribution in [-0.2, 0) is 9.53 Å². The molecule has 0 atom stereocenters. The second-order valence-corrected chi connectivity index (χ2v) is 1.83. The van der Waals surface area contributed by atoms with Gasteiger partial charge in [-0.15, -0.1) is 0 Å². The number of hydrogen-bond acceptors (Lipinski definition) is 2. The van der Waals surface area contributed by atoms with Gasteiger partial charge in [0.25, 0.3) is 0 Å². The Hall–Kier alpha value is -1.31. The van der Waals surface area contributed by atoms with Crippen LogP contribution in [0, 0.1) is 0 Å². The molecule has 0 heterocycles. The molecule has 0 aliphatic carbocycles. The highest BCUT2D eigenvalue weighted by molar-refractivity contribution is 5.91. The molecule has 0 amide bonds. The Morgan fingerprint density at radius 1 is 1.38 bits per heavy atom. The first kappa shape index (κ1) is 14.2. The van der Waals surface area contributed by atoms with Gasteiger partial charge in [0.15, 0.2) is 0 Å². The monoisotopic (exact) mass is 182 g/mol. The predicted molar refractivity (Wildman–Crippen MR) is 56.5 cm³/mol. The van der Waals surface area contributed by atoms with E-state index in [-0.39, 0.29) is 5.97 Å². The van der Waals surface area contributed by atoms with Crippen molar-refractivity contribution < 1.29 is 9.53 Å². The van der Waals surface area contributed by atoms with Crippen molar-refractivity contribution >= 4 is 5.97 Å². The van der Waals surface area contributed by atoms with E-state index in [9.17, 15) is 4.79 Å². The lowest BCUT2D eigenvalue weighted by atomic mass is 10.2. The number of allylic oxidation sites excluding steroid dienone is 3. The van der Waals surface area contributed by atoms with Gasteiger partial charge < -0.3 is 4.74 Å². The largest absolute Gasteiger partial charge is 0.465 e. The van der Waals surface area contributed by atoms with E-state index in [4.69, 9.17) is 0 Å². The van der Waals surface area contributed by atoms with Gasteiger partial charge in [-0.05, 0) is 13.0 Å². The first-order valence-electron chi connectivity index (χ1n) is 4.30. The second-order valence-electron chi connectivity index (χ2n) is 1.83. The molecule has 0 aromatic carbocycles. The quantitative estimate of drug-likeness (QED) is 0.381. The van der Waals surface area contributed by atoms with E-state index in [1.807, 2.05) is 13.8 Å². The number of carbonyl (C=O) groups is 1. The predicted octanol–water partition coefficient (Wildman–Crippen LogP) is 2.87. The highest BCUT2D eigenvalue weighted by atomic mass is 16.5. The van der Waals surface area contributed by atoms with E-state index < -0.39 is 0 Å². The molecular weight excluding hydrogens is 164 g/mol. The minimum atomic E-state index is -0.328. The van der Waals surface area contributed by atoms with Crippen molar-refractivity contribution in [3.63, 3.8) is 0 Å². The van der Waals surface area contributed by atoms with Crippen molar-refractivity contribution in [2.75, 3.05) is 7.11 Å². The summed E-state index contributed by atoms with van der Waals surface area (Å²) in [6, 6.07) is 0. The molecule has 0 aromatic rings. The number of esters is 1. The van der Waals surface area contributed by atoms with Crippen LogP contribution in [0.3, 0.4) is 0 Å². The van der Waals surface area contributed by atoms with Crippen LogP contribution >= 0.6 is 0 Å². The molecule has 0 aliphatic heterocycles. The topological polar surface area (TPSA) is 26.3 Å². The molecule has 0 saturated carbocycles. The van der Waals surface area contributed by atoms with E-state index in [0.717, 1.165) is 0 Å². The third-order valence-corrected chi connectivity index (χ3v) is 1.14. The molecule has 0 aliphatic rings. The van der Waals surface area contributed by atoms with Crippen molar-refractivity contribution in [3.8, 4) is 0 Å². The Balaban J connectivity index is 0. The normalized spacial score (nSPS) is 10.3. The second kappa shape index (κ2) is 10.7. The molecule has 0 fully saturated rings. The number of hydrogen-bond donors (Lipinski definition) is 0. The first-order chi connectivity index (χ1) is 6.26. The maximum atomic E-state index is 10.9. The van der Waals surface area contributed by atoms with Crippen LogP contribution in [0.25, 0.3) is 0 Å². The number of carbonyl (C=O) groups excluding carboxylic acids is 1. The van der Waals surface area contributed by atoms with Crippen LogP contribution in [0.2, 0.25) is 0 Å². The highest BCUT2D eigenvalue weighted by Crippen LogP contribution is 1.98. The minimum Gasteiger partial charge on any atom is -0.465 e. The molecule has 0 rings (SSSR count). The van der Waals surface area contributed by atoms with Gasteiger partial charge in [0.05, 0.1) is 12.7 Å². The summed E-state index contributed by atoms with van der Waals surface area (Å²) >= 11 is 0. The van der Waals surface area contributed by atoms with Crippen LogP contribution < -0.4 is 0 Å². The van der Waals surface area contributed by atoms with Gasteiger partial charge in [-0.25, -0.2) is 4.79 Å². The average Bonchev–Trinajstić information content (AvgIpc) is 2.21. The van der Waals surface area contributed by atoms with E-state index in [1.165, 1.54) is 7.11 Å². The summed E-state index contributed by atoms with van der Waals surface area (Å²) in [4.78, 5) is 10.9. The fraction of sp³-hybridized carbons (Fsp3) is 0.364. The molecule has 74 valence electrons. The third-order valence-electron chi connectivity index (χ3n) is 1.14. The Morgan fingerprint density at radius 2 is 1.92 bits per heavy atom. The SMILES string of the molecule is C=C/C=C\C(=C/C)C(=O)OC.CC. The van der Waals surface area contributed by atoms with Crippen LogP contribution in [0.5, 0.6) is 0 Å². The minimum absolute atomic E-state index is 0.328. The van der Waals surface area contributed by atoms with Gasteiger partial charge in [0.1, 0.15) is 0 Å². The van der Waals surface area contributed by atoms with Gasteiger partial charge in [-0.3, -0.25) is 0 Å². The van der Waals surface area contributed by atoms with Crippen LogP contribution in [0.4, 0.5) is 0 Å². The number of ether oxygens (including phenoxy) is 1. The van der Waals surface area contributed by atoms with E-state index in [0.29, 0.717) is 5.57 Å². The van der Waals surface area contributed by atoms with Crippen molar-refractivity contribution in [2.45, 2.75) is 20.8 Å². The summed E-state index contributed by atoms with van der Waals surface area (Å²) in [7, 11) is 1.35. The van der Waals surface area contributed by atoms with Crippen LogP contribution in [-0.4, -0.2) is 13.1 Å². The summed E-state index contributed by atoms with van der Waals surface area (Å²) < 4.78 is 4.51. The molecular formula is C11H18O2. The lowest BCUT2D eigenvalue weighted by Gasteiger charge is -1.96. The molecule has 0 N–H and O–H groups in total. The Bertz CT molecular complexity index is 200. The average molecular weight is 182 g/mol. The number of rotatable bonds is 3. The Labute approximate surface area is 80.6 Å². The first-order valence-corrected chi connectivity index (χ1v) is 4.30. The highest BCUT2D eigenvalue weighted by Gasteiger charge is 2.01. The molecule has 0 bridgehead atoms. The lowest BCUT2D eigenvalue weighted by molar-refractivity contribution is -0.135. The molecule has 13 heavy (non-hydrogen) atoms. The van der Waals surface area contributed by atoms with Gasteiger partial charge in [-0.2, -0.15) is 0 Å². The van der Waals surface area contributed by atoms with E-state index in [2.05, 4.69) is 11.3 Å². The van der Waals surface area contributed by atoms with Gasteiger partial charge in [-0.1, -0.05) is 38.7 Å². The molecule has 2 heteroatoms. The zero-order chi connectivity index (χ0) is 10.7. The zero-order valence-corrected chi connectivity index (χ0v) is 8.83. The standard InChI is InChI=1S/C9H12O2.C2H6/c1-4-6-7-8(5-2)9(10)11-3;1-2/h4-7H,1H2,2-3H3;1-2H3/b7-6-,8-5+;. The van der Waals surface area contributed by atoms with Gasteiger partial charge in [0, 0.05) is 0 Å². The van der Waals surface area contributed by atoms with Crippen molar-refractivity contribution in [1.29, 1.82) is 0 Å². The Morgan fingerprint density at radius 3 is 2.23 bits per heavy atom. The van der Waals surface area contributed by atoms with E-state index in [1.54, 1.807) is 31.2 Å². The fourth-order valence-corrected chi connectivity index (χ4v) is 0.572. The molecule has 0 spiro atoms. The maximum Gasteiger partial charge on any atom is 0.337 e. The fourth-order valence-electron chi connectivity index (χ4n) is 0.572. The molecule has 0 unspecified atom stereocenters. The van der Waals surface area contributed by atoms with Gasteiger partial charge in [0.2, 0.25) is 0 Å². The van der Waals surface area contributed by atoms with Crippen LogP contribution in [0.15, 0.2) is 36.5 Å². The molecule has 2 nitrogen and oxygen atoms in total. The smallest absolute Gasteiger partial charge is 0.337 e. The summed E-state index contributed by atoms with van der Waals surface area (Å²) in [6.45, 7) is 9.26. The van der Waals surface area contributed by atoms with Crippen molar-refractivity contribution in [1.82, 2.24) is 0 Å². The summed E-state index contributed by atoms with van der Waals surface area (Å²) in [5, 5.41) is 0. The lowest BCUT2D eigenvalue weighted by Crippen LogP contribution is -2.01. The third kappa shape index (κ3) is 7.06. The maximum absolute atomic E-state index is 10.9. The van der Waals surface area contributed by atoms with E-state index >= 15 is 0 Å². The summed E-state index contributed by atoms with van der Waals surface area (Å²) in [5.41, 5.74) is 0.535. The zero-order valence-electron chi connectivity index (χ0n) is 8.83. The molecule has 0 aromatic heterocycles. The Kier molecular flexibility index (Phi) is 11.7. The number of methoxy groups -OCH3 is 1. The van der Waals surface area contributed by atoms with Crippen molar-refractivity contribution in [3.05, 3.63) is 36.5 Å².